The third kappa shape index (κ3) is 9.62. The van der Waals surface area contributed by atoms with E-state index in [1.807, 2.05) is 61.5 Å². The van der Waals surface area contributed by atoms with E-state index in [1.165, 1.54) is 36.1 Å². The molecule has 2 aromatic carbocycles. The Morgan fingerprint density at radius 2 is 1.18 bits per heavy atom. The third-order valence-corrected chi connectivity index (χ3v) is 13.2. The highest BCUT2D eigenvalue weighted by Gasteiger charge is 2.25. The maximum Gasteiger partial charge on any atom is 0.277 e. The van der Waals surface area contributed by atoms with Gasteiger partial charge in [-0.1, -0.05) is 24.3 Å². The number of hydroxylamine groups is 2. The summed E-state index contributed by atoms with van der Waals surface area (Å²) in [6.07, 6.45) is 8.95. The summed E-state index contributed by atoms with van der Waals surface area (Å²) in [5.74, 6) is 2.84. The Hall–Kier alpha value is -8.89. The van der Waals surface area contributed by atoms with E-state index in [2.05, 4.69) is 50.1 Å². The largest absolute Gasteiger partial charge is 0.454 e. The molecule has 6 N–H and O–H groups in total. The van der Waals surface area contributed by atoms with Crippen LogP contribution in [0.4, 0.5) is 23.5 Å². The molecule has 2 aliphatic heterocycles. The minimum Gasteiger partial charge on any atom is -0.454 e. The van der Waals surface area contributed by atoms with Crippen LogP contribution in [0.25, 0.3) is 66.0 Å². The van der Waals surface area contributed by atoms with Crippen molar-refractivity contribution in [3.05, 3.63) is 102 Å². The van der Waals surface area contributed by atoms with Crippen LogP contribution in [-0.4, -0.2) is 154 Å². The van der Waals surface area contributed by atoms with Crippen molar-refractivity contribution in [1.82, 2.24) is 76.2 Å². The molecule has 10 heterocycles. The molecule has 2 aliphatic rings. The lowest BCUT2D eigenvalue weighted by molar-refractivity contribution is 0.0701. The number of aromatic nitrogens is 13. The van der Waals surface area contributed by atoms with E-state index in [0.717, 1.165) is 61.5 Å². The Morgan fingerprint density at radius 1 is 0.662 bits per heavy atom. The van der Waals surface area contributed by atoms with Crippen LogP contribution in [0.15, 0.2) is 84.1 Å². The number of hydrogen-bond donors (Lipinski definition) is 6. The highest BCUT2D eigenvalue weighted by Crippen LogP contribution is 2.36. The minimum absolute atomic E-state index is 0.147. The lowest BCUT2D eigenvalue weighted by Gasteiger charge is -2.28. The zero-order valence-electron chi connectivity index (χ0n) is 39.6. The fourth-order valence-corrected chi connectivity index (χ4v) is 9.56. The van der Waals surface area contributed by atoms with Crippen LogP contribution in [-0.2, 0) is 22.6 Å². The number of H-pyrrole nitrogens is 2. The predicted molar refractivity (Wildman–Crippen MR) is 270 cm³/mol. The van der Waals surface area contributed by atoms with Crippen molar-refractivity contribution in [2.24, 2.45) is 0 Å². The number of fused-ring (bicyclic) bond motifs is 4. The average Bonchev–Trinajstić information content (AvgIpc) is 4.30. The van der Waals surface area contributed by atoms with Crippen LogP contribution in [0.2, 0.25) is 0 Å². The minimum atomic E-state index is -0.678. The summed E-state index contributed by atoms with van der Waals surface area (Å²) in [7, 11) is 3.65. The highest BCUT2D eigenvalue weighted by atomic mass is 32.1. The lowest BCUT2D eigenvalue weighted by Crippen LogP contribution is -2.37. The van der Waals surface area contributed by atoms with Gasteiger partial charge in [0.05, 0.1) is 74.1 Å². The number of ether oxygens (including phenoxy) is 2. The fraction of sp³-hybridized carbons (Fsp3) is 0.255. The van der Waals surface area contributed by atoms with Gasteiger partial charge < -0.3 is 33.5 Å². The fourth-order valence-electron chi connectivity index (χ4n) is 8.49. The van der Waals surface area contributed by atoms with Gasteiger partial charge in [-0.05, 0) is 12.1 Å². The number of aromatic amines is 2. The van der Waals surface area contributed by atoms with E-state index in [-0.39, 0.29) is 11.1 Å². The molecule has 2 fully saturated rings. The number of carbonyl (C=O) groups excluding carboxylic acids is 2. The molecule has 0 aliphatic carbocycles. The standard InChI is InChI=1S/C24H23N9O4.C23H22N10O3S/c1-32(24-25-10-14(11-26-24)23(34)31-35)13-15-9-19-20(37-15)22(33-5-7-36-8-6-33)29-21(28-19)16-3-2-4-18-17(16)12-27-30-18;1-32(23-24-9-13(10-25-23)22(34)31-35)12-17-27-20-18(37-17)21(33-5-7-36-8-6-33)29-19(28-20)14-3-2-4-16-15(14)11-26-30-16/h2-4,9-12,35H,5-8,13H2,1H3,(H,27,30)(H,31,34);2-4,9-11,35H,5-8,12H2,1H3,(H,26,30)(H,31,34). The first-order valence-electron chi connectivity index (χ1n) is 23.1. The van der Waals surface area contributed by atoms with Gasteiger partial charge in [0.15, 0.2) is 34.5 Å². The van der Waals surface area contributed by atoms with Crippen molar-refractivity contribution in [1.29, 1.82) is 0 Å². The lowest BCUT2D eigenvalue weighted by atomic mass is 10.1. The molecule has 74 heavy (non-hydrogen) atoms. The maximum absolute atomic E-state index is 11.5. The summed E-state index contributed by atoms with van der Waals surface area (Å²) < 4.78 is 18.3. The van der Waals surface area contributed by atoms with Crippen LogP contribution < -0.4 is 30.6 Å². The number of carbonyl (C=O) groups is 2. The molecular weight excluding hydrogens is 975 g/mol. The van der Waals surface area contributed by atoms with Gasteiger partial charge in [-0.25, -0.2) is 55.8 Å². The highest BCUT2D eigenvalue weighted by molar-refractivity contribution is 7.19. The van der Waals surface area contributed by atoms with Gasteiger partial charge in [0.25, 0.3) is 11.8 Å². The number of furan rings is 1. The van der Waals surface area contributed by atoms with Crippen molar-refractivity contribution in [2.75, 3.05) is 86.3 Å². The molecule has 2 amide bonds. The molecule has 0 bridgehead atoms. The van der Waals surface area contributed by atoms with E-state index in [4.69, 9.17) is 49.2 Å². The van der Waals surface area contributed by atoms with E-state index >= 15 is 0 Å². The molecule has 0 spiro atoms. The molecule has 10 aromatic rings. The number of hydrogen-bond acceptors (Lipinski definition) is 23. The molecule has 0 radical (unpaired) electrons. The van der Waals surface area contributed by atoms with Crippen LogP contribution in [0, 0.1) is 0 Å². The van der Waals surface area contributed by atoms with Crippen molar-refractivity contribution < 1.29 is 33.9 Å². The normalized spacial score (nSPS) is 13.8. The molecule has 376 valence electrons. The number of benzene rings is 2. The summed E-state index contributed by atoms with van der Waals surface area (Å²) in [5.41, 5.74) is 8.93. The SMILES string of the molecule is CN(Cc1cc2nc(-c3cccc4[nH]ncc34)nc(N3CCOCC3)c2o1)c1ncc(C(=O)NO)cn1.CN(Cc1nc2nc(-c3cccc4[nH]ncc34)nc(N3CCOCC3)c2s1)c1ncc(C(=O)NO)cn1. The number of anilines is 4. The number of amides is 2. The predicted octanol–water partition coefficient (Wildman–Crippen LogP) is 4.16. The molecule has 27 heteroatoms. The number of rotatable bonds is 12. The number of nitrogens with one attached hydrogen (secondary N) is 4. The quantitative estimate of drug-likeness (QED) is 0.0739. The van der Waals surface area contributed by atoms with Gasteiger partial charge in [0, 0.05) is 93.0 Å². The Balaban J connectivity index is 0.000000159. The van der Waals surface area contributed by atoms with Gasteiger partial charge in [0.2, 0.25) is 11.9 Å². The van der Waals surface area contributed by atoms with Gasteiger partial charge in [-0.15, -0.1) is 11.3 Å². The maximum atomic E-state index is 11.5. The van der Waals surface area contributed by atoms with E-state index in [0.29, 0.717) is 104 Å². The number of thiazole rings is 1. The monoisotopic (exact) mass is 1020 g/mol. The Morgan fingerprint density at radius 3 is 1.73 bits per heavy atom. The van der Waals surface area contributed by atoms with Gasteiger partial charge in [-0.2, -0.15) is 10.2 Å². The molecule has 12 rings (SSSR count). The topological polar surface area (TPSA) is 317 Å². The zero-order chi connectivity index (χ0) is 50.7. The second-order valence-electron chi connectivity index (χ2n) is 17.0. The summed E-state index contributed by atoms with van der Waals surface area (Å²) >= 11 is 1.53. The Labute approximate surface area is 422 Å². The molecule has 8 aromatic heterocycles. The van der Waals surface area contributed by atoms with Crippen molar-refractivity contribution in [2.45, 2.75) is 13.1 Å². The van der Waals surface area contributed by atoms with Crippen LogP contribution in [0.3, 0.4) is 0 Å². The van der Waals surface area contributed by atoms with E-state index in [1.54, 1.807) is 28.3 Å². The van der Waals surface area contributed by atoms with Crippen molar-refractivity contribution >= 4 is 89.9 Å². The van der Waals surface area contributed by atoms with Crippen LogP contribution in [0.5, 0.6) is 0 Å². The summed E-state index contributed by atoms with van der Waals surface area (Å²) in [6, 6.07) is 13.7. The van der Waals surface area contributed by atoms with Gasteiger partial charge in [0.1, 0.15) is 21.0 Å². The van der Waals surface area contributed by atoms with E-state index in [9.17, 15) is 9.59 Å². The van der Waals surface area contributed by atoms with Crippen LogP contribution in [0.1, 0.15) is 31.5 Å². The number of nitrogens with zero attached hydrogens (tertiary/aromatic N) is 15. The zero-order valence-corrected chi connectivity index (χ0v) is 40.4. The first kappa shape index (κ1) is 47.4. The van der Waals surface area contributed by atoms with Crippen molar-refractivity contribution in [3.63, 3.8) is 0 Å². The molecular formula is C47H45N19O7S. The summed E-state index contributed by atoms with van der Waals surface area (Å²) in [4.78, 5) is 72.4. The first-order valence-corrected chi connectivity index (χ1v) is 24.0. The van der Waals surface area contributed by atoms with E-state index < -0.39 is 11.8 Å². The third-order valence-electron chi connectivity index (χ3n) is 12.2. The second kappa shape index (κ2) is 20.7. The first-order chi connectivity index (χ1) is 36.2. The molecule has 2 saturated heterocycles. The van der Waals surface area contributed by atoms with Gasteiger partial charge in [-0.3, -0.25) is 30.2 Å². The smallest absolute Gasteiger partial charge is 0.277 e. The molecule has 26 nitrogen and oxygen atoms in total. The Bertz CT molecular complexity index is 3390. The molecule has 0 atom stereocenters. The molecule has 0 saturated carbocycles. The average molecular weight is 1020 g/mol. The molecule has 0 unspecified atom stereocenters. The summed E-state index contributed by atoms with van der Waals surface area (Å²) in [5, 5.41) is 34.6. The number of morpholine rings is 2. The van der Waals surface area contributed by atoms with Crippen LogP contribution >= 0.6 is 11.3 Å². The Kier molecular flexibility index (Phi) is 13.3. The van der Waals surface area contributed by atoms with Gasteiger partial charge >= 0.3 is 0 Å². The summed E-state index contributed by atoms with van der Waals surface area (Å²) in [6.45, 7) is 6.12. The second-order valence-corrected chi connectivity index (χ2v) is 18.1. The van der Waals surface area contributed by atoms with Crippen molar-refractivity contribution in [3.8, 4) is 22.8 Å².